The van der Waals surface area contributed by atoms with Crippen LogP contribution in [0.25, 0.3) is 0 Å². The van der Waals surface area contributed by atoms with Crippen molar-refractivity contribution >= 4 is 47.8 Å². The van der Waals surface area contributed by atoms with Gasteiger partial charge in [0.1, 0.15) is 4.21 Å². The molecule has 9 heteroatoms. The fraction of sp³-hybridized carbons (Fsp3) is 0.545. The molecule has 114 valence electrons. The largest absolute Gasteiger partial charge is 0.350 e. The summed E-state index contributed by atoms with van der Waals surface area (Å²) in [5, 5.41) is 4.23. The highest BCUT2D eigenvalue weighted by Crippen LogP contribution is 2.29. The lowest BCUT2D eigenvalue weighted by Crippen LogP contribution is -2.33. The molecule has 0 aromatic carbocycles. The molecule has 0 aliphatic heterocycles. The zero-order chi connectivity index (χ0) is 15.5. The maximum atomic E-state index is 12.0. The summed E-state index contributed by atoms with van der Waals surface area (Å²) in [6.07, 6.45) is 2.20. The van der Waals surface area contributed by atoms with Gasteiger partial charge in [0.15, 0.2) is 0 Å². The van der Waals surface area contributed by atoms with E-state index in [1.807, 2.05) is 6.92 Å². The van der Waals surface area contributed by atoms with Crippen molar-refractivity contribution in [3.05, 3.63) is 16.5 Å². The fourth-order valence-corrected chi connectivity index (χ4v) is 4.81. The van der Waals surface area contributed by atoms with Gasteiger partial charge in [0.05, 0.1) is 5.56 Å². The summed E-state index contributed by atoms with van der Waals surface area (Å²) in [4.78, 5) is 12.0. The van der Waals surface area contributed by atoms with E-state index in [1.54, 1.807) is 13.2 Å². The molecular weight excluding hydrogens is 342 g/mol. The normalized spacial score (nSPS) is 14.8. The molecule has 1 aromatic heterocycles. The van der Waals surface area contributed by atoms with Crippen LogP contribution in [0.2, 0.25) is 0 Å². The Balaban J connectivity index is 2.79. The Labute approximate surface area is 129 Å². The summed E-state index contributed by atoms with van der Waals surface area (Å²) >= 11 is 0.927. The highest BCUT2D eigenvalue weighted by Gasteiger charge is 2.22. The van der Waals surface area contributed by atoms with E-state index < -0.39 is 19.9 Å². The molecule has 1 aromatic rings. The number of amides is 1. The molecule has 2 atom stereocenters. The number of halogens is 1. The van der Waals surface area contributed by atoms with E-state index >= 15 is 0 Å². The number of nitrogens with one attached hydrogen (secondary N) is 1. The molecule has 20 heavy (non-hydrogen) atoms. The lowest BCUT2D eigenvalue weighted by Gasteiger charge is -2.13. The third-order valence-electron chi connectivity index (χ3n) is 2.68. The Morgan fingerprint density at radius 1 is 1.55 bits per heavy atom. The van der Waals surface area contributed by atoms with Crippen molar-refractivity contribution in [2.75, 3.05) is 12.0 Å². The van der Waals surface area contributed by atoms with Crippen LogP contribution in [-0.2, 0) is 19.9 Å². The maximum Gasteiger partial charge on any atom is 0.271 e. The molecule has 0 saturated carbocycles. The van der Waals surface area contributed by atoms with Crippen LogP contribution in [0.4, 0.5) is 0 Å². The average Bonchev–Trinajstić information content (AvgIpc) is 2.68. The number of hydrogen-bond donors (Lipinski definition) is 1. The average molecular weight is 358 g/mol. The Morgan fingerprint density at radius 3 is 2.60 bits per heavy atom. The zero-order valence-electron chi connectivity index (χ0n) is 11.3. The first kappa shape index (κ1) is 17.6. The van der Waals surface area contributed by atoms with E-state index in [0.29, 0.717) is 23.3 Å². The summed E-state index contributed by atoms with van der Waals surface area (Å²) < 4.78 is 33.6. The summed E-state index contributed by atoms with van der Waals surface area (Å²) in [6.45, 7) is 3.36. The highest BCUT2D eigenvalue weighted by atomic mass is 35.7. The van der Waals surface area contributed by atoms with Gasteiger partial charge in [-0.25, -0.2) is 8.42 Å². The van der Waals surface area contributed by atoms with Gasteiger partial charge in [0, 0.05) is 44.9 Å². The van der Waals surface area contributed by atoms with Crippen LogP contribution in [0.15, 0.2) is 9.59 Å². The van der Waals surface area contributed by atoms with Gasteiger partial charge in [-0.2, -0.15) is 0 Å². The highest BCUT2D eigenvalue weighted by molar-refractivity contribution is 8.15. The van der Waals surface area contributed by atoms with Crippen LogP contribution in [0.5, 0.6) is 0 Å². The second-order valence-corrected chi connectivity index (χ2v) is 9.64. The lowest BCUT2D eigenvalue weighted by molar-refractivity contribution is 0.0939. The summed E-state index contributed by atoms with van der Waals surface area (Å²) in [5.41, 5.74) is 0.660. The standard InChI is InChI=1S/C11H16ClNO4S3/c1-7(4-5-19(3)15)13-10(14)9-6-18-11(8(9)2)20(12,16)17/h6-7H,4-5H2,1-3H3,(H,13,14). The van der Waals surface area contributed by atoms with Gasteiger partial charge in [-0.1, -0.05) is 0 Å². The molecule has 1 heterocycles. The molecule has 0 saturated heterocycles. The van der Waals surface area contributed by atoms with Gasteiger partial charge < -0.3 is 5.32 Å². The van der Waals surface area contributed by atoms with Gasteiger partial charge >= 0.3 is 0 Å². The molecule has 1 rings (SSSR count). The van der Waals surface area contributed by atoms with Crippen molar-refractivity contribution in [2.45, 2.75) is 30.5 Å². The number of carbonyl (C=O) groups excluding carboxylic acids is 1. The first-order valence-electron chi connectivity index (χ1n) is 5.76. The molecule has 2 unspecified atom stereocenters. The molecule has 5 nitrogen and oxygen atoms in total. The topological polar surface area (TPSA) is 80.3 Å². The lowest BCUT2D eigenvalue weighted by atomic mass is 10.2. The van der Waals surface area contributed by atoms with Crippen molar-refractivity contribution in [2.24, 2.45) is 0 Å². The monoisotopic (exact) mass is 357 g/mol. The summed E-state index contributed by atoms with van der Waals surface area (Å²) in [6, 6.07) is -0.137. The van der Waals surface area contributed by atoms with Crippen LogP contribution >= 0.6 is 22.0 Å². The van der Waals surface area contributed by atoms with Crippen molar-refractivity contribution in [1.29, 1.82) is 0 Å². The van der Waals surface area contributed by atoms with Gasteiger partial charge in [0.25, 0.3) is 15.0 Å². The number of thiophene rings is 1. The van der Waals surface area contributed by atoms with Crippen LogP contribution < -0.4 is 5.32 Å². The van der Waals surface area contributed by atoms with E-state index in [0.717, 1.165) is 11.3 Å². The number of carbonyl (C=O) groups is 1. The second-order valence-electron chi connectivity index (χ2n) is 4.44. The molecule has 0 radical (unpaired) electrons. The third-order valence-corrected chi connectivity index (χ3v) is 6.79. The van der Waals surface area contributed by atoms with E-state index in [2.05, 4.69) is 5.32 Å². The predicted octanol–water partition coefficient (Wildman–Crippen LogP) is 1.87. The first-order valence-corrected chi connectivity index (χ1v) is 10.7. The maximum absolute atomic E-state index is 12.0. The predicted molar refractivity (Wildman–Crippen MR) is 82.6 cm³/mol. The molecule has 1 amide bonds. The van der Waals surface area contributed by atoms with Crippen molar-refractivity contribution in [1.82, 2.24) is 5.32 Å². The minimum Gasteiger partial charge on any atom is -0.350 e. The van der Waals surface area contributed by atoms with Gasteiger partial charge in [-0.15, -0.1) is 11.3 Å². The minimum absolute atomic E-state index is 0.00775. The quantitative estimate of drug-likeness (QED) is 0.788. The van der Waals surface area contributed by atoms with Crippen LogP contribution in [0.1, 0.15) is 29.3 Å². The molecule has 0 aliphatic carbocycles. The SMILES string of the molecule is Cc1c(C(=O)NC(C)CCS(C)=O)csc1S(=O)(=O)Cl. The Hall–Kier alpha value is -0.440. The van der Waals surface area contributed by atoms with Gasteiger partial charge in [-0.3, -0.25) is 9.00 Å². The van der Waals surface area contributed by atoms with Gasteiger partial charge in [-0.05, 0) is 25.8 Å². The van der Waals surface area contributed by atoms with E-state index in [9.17, 15) is 17.4 Å². The van der Waals surface area contributed by atoms with Crippen molar-refractivity contribution in [3.63, 3.8) is 0 Å². The summed E-state index contributed by atoms with van der Waals surface area (Å²) in [5.74, 6) is 0.158. The van der Waals surface area contributed by atoms with E-state index in [-0.39, 0.29) is 16.2 Å². The zero-order valence-corrected chi connectivity index (χ0v) is 14.5. The second kappa shape index (κ2) is 7.02. The Morgan fingerprint density at radius 2 is 2.15 bits per heavy atom. The van der Waals surface area contributed by atoms with Crippen LogP contribution in [0, 0.1) is 6.92 Å². The fourth-order valence-electron chi connectivity index (χ4n) is 1.58. The number of rotatable bonds is 6. The molecule has 0 aliphatic rings. The molecule has 0 spiro atoms. The van der Waals surface area contributed by atoms with Crippen LogP contribution in [-0.4, -0.2) is 36.6 Å². The van der Waals surface area contributed by atoms with Crippen molar-refractivity contribution < 1.29 is 17.4 Å². The minimum atomic E-state index is -3.83. The third kappa shape index (κ3) is 4.83. The van der Waals surface area contributed by atoms with E-state index in [1.165, 1.54) is 5.38 Å². The molecule has 1 N–H and O–H groups in total. The Bertz CT molecular complexity index is 624. The van der Waals surface area contributed by atoms with Crippen molar-refractivity contribution in [3.8, 4) is 0 Å². The van der Waals surface area contributed by atoms with Gasteiger partial charge in [0.2, 0.25) is 0 Å². The molecule has 0 fully saturated rings. The number of hydrogen-bond acceptors (Lipinski definition) is 5. The van der Waals surface area contributed by atoms with Crippen LogP contribution in [0.3, 0.4) is 0 Å². The first-order chi connectivity index (χ1) is 9.12. The smallest absolute Gasteiger partial charge is 0.271 e. The molecular formula is C11H16ClNO4S3. The Kier molecular flexibility index (Phi) is 6.18. The summed E-state index contributed by atoms with van der Waals surface area (Å²) in [7, 11) is 0.560. The molecule has 0 bridgehead atoms. The van der Waals surface area contributed by atoms with E-state index in [4.69, 9.17) is 10.7 Å².